The first-order valence-corrected chi connectivity index (χ1v) is 9.16. The quantitative estimate of drug-likeness (QED) is 0.792. The van der Waals surface area contributed by atoms with Crippen LogP contribution in [0, 0.1) is 18.8 Å². The zero-order valence-corrected chi connectivity index (χ0v) is 14.6. The van der Waals surface area contributed by atoms with E-state index in [-0.39, 0.29) is 23.2 Å². The van der Waals surface area contributed by atoms with Gasteiger partial charge in [0.1, 0.15) is 4.83 Å². The number of hydrogen-bond donors (Lipinski definition) is 0. The van der Waals surface area contributed by atoms with Gasteiger partial charge in [0.25, 0.3) is 5.56 Å². The number of hydrogen-bond acceptors (Lipinski definition) is 5. The van der Waals surface area contributed by atoms with E-state index in [0.29, 0.717) is 46.3 Å². The topological polar surface area (TPSA) is 70.3 Å². The minimum atomic E-state index is -0.245. The van der Waals surface area contributed by atoms with Crippen molar-refractivity contribution in [3.63, 3.8) is 0 Å². The van der Waals surface area contributed by atoms with Gasteiger partial charge < -0.3 is 4.74 Å². The fraction of sp³-hybridized carbons (Fsp3) is 0.588. The molecule has 0 spiro atoms. The van der Waals surface area contributed by atoms with E-state index in [9.17, 15) is 14.4 Å². The Bertz CT molecular complexity index is 933. The molecule has 3 atom stereocenters. The number of ether oxygens (including phenoxy) is 1. The van der Waals surface area contributed by atoms with Crippen molar-refractivity contribution in [1.29, 1.82) is 0 Å². The second kappa shape index (κ2) is 5.67. The fourth-order valence-electron chi connectivity index (χ4n) is 3.60. The summed E-state index contributed by atoms with van der Waals surface area (Å²) in [6.45, 7) is 5.73. The third-order valence-corrected chi connectivity index (χ3v) is 6.49. The maximum Gasteiger partial charge on any atom is 0.332 e. The highest BCUT2D eigenvalue weighted by Crippen LogP contribution is 2.41. The summed E-state index contributed by atoms with van der Waals surface area (Å²) in [4.78, 5) is 38.4. The van der Waals surface area contributed by atoms with E-state index >= 15 is 0 Å². The fourth-order valence-corrected chi connectivity index (χ4v) is 4.71. The molecule has 24 heavy (non-hydrogen) atoms. The van der Waals surface area contributed by atoms with Gasteiger partial charge in [-0.2, -0.15) is 0 Å². The molecule has 0 bridgehead atoms. The van der Waals surface area contributed by atoms with Crippen LogP contribution in [0.1, 0.15) is 41.0 Å². The van der Waals surface area contributed by atoms with Gasteiger partial charge >= 0.3 is 5.69 Å². The molecular weight excluding hydrogens is 328 g/mol. The zero-order valence-electron chi connectivity index (χ0n) is 13.8. The lowest BCUT2D eigenvalue weighted by molar-refractivity contribution is 0.112. The summed E-state index contributed by atoms with van der Waals surface area (Å²) < 4.78 is 8.54. The Kier molecular flexibility index (Phi) is 3.73. The lowest BCUT2D eigenvalue weighted by Gasteiger charge is -2.14. The van der Waals surface area contributed by atoms with Crippen molar-refractivity contribution in [2.45, 2.75) is 39.3 Å². The number of aldehydes is 1. The largest absolute Gasteiger partial charge is 0.381 e. The van der Waals surface area contributed by atoms with Crippen molar-refractivity contribution in [1.82, 2.24) is 9.13 Å². The minimum Gasteiger partial charge on any atom is -0.381 e. The highest BCUT2D eigenvalue weighted by molar-refractivity contribution is 7.20. The Morgan fingerprint density at radius 3 is 2.71 bits per heavy atom. The molecule has 0 N–H and O–H groups in total. The molecule has 128 valence electrons. The summed E-state index contributed by atoms with van der Waals surface area (Å²) in [6.07, 6.45) is 2.55. The SMILES string of the molecule is Cc1c(C=O)sc2c1c(=O)n(C1CC1C)c(=O)n2CC1CCOC1. The molecule has 6 nitrogen and oxygen atoms in total. The molecule has 1 aliphatic carbocycles. The number of aryl methyl sites for hydroxylation is 1. The maximum atomic E-state index is 13.0. The van der Waals surface area contributed by atoms with Crippen LogP contribution in [0.15, 0.2) is 9.59 Å². The lowest BCUT2D eigenvalue weighted by Crippen LogP contribution is -2.40. The van der Waals surface area contributed by atoms with Crippen LogP contribution in [0.2, 0.25) is 0 Å². The highest BCUT2D eigenvalue weighted by atomic mass is 32.1. The van der Waals surface area contributed by atoms with Gasteiger partial charge in [-0.1, -0.05) is 6.92 Å². The molecule has 3 unspecified atom stereocenters. The van der Waals surface area contributed by atoms with E-state index in [1.807, 2.05) is 6.92 Å². The van der Waals surface area contributed by atoms with Crippen LogP contribution in [-0.4, -0.2) is 28.6 Å². The third-order valence-electron chi connectivity index (χ3n) is 5.25. The summed E-state index contributed by atoms with van der Waals surface area (Å²) in [7, 11) is 0. The van der Waals surface area contributed by atoms with Crippen LogP contribution in [0.25, 0.3) is 10.2 Å². The molecular formula is C17H20N2O4S. The van der Waals surface area contributed by atoms with E-state index in [1.54, 1.807) is 11.5 Å². The number of rotatable bonds is 4. The molecule has 0 radical (unpaired) electrons. The number of nitrogens with zero attached hydrogens (tertiary/aromatic N) is 2. The second-order valence-electron chi connectivity index (χ2n) is 6.97. The molecule has 1 saturated carbocycles. The smallest absolute Gasteiger partial charge is 0.332 e. The zero-order chi connectivity index (χ0) is 17.0. The number of carbonyl (C=O) groups excluding carboxylic acids is 1. The van der Waals surface area contributed by atoms with Gasteiger partial charge in [0.05, 0.1) is 16.9 Å². The second-order valence-corrected chi connectivity index (χ2v) is 8.00. The van der Waals surface area contributed by atoms with E-state index in [1.165, 1.54) is 15.9 Å². The van der Waals surface area contributed by atoms with Crippen molar-refractivity contribution < 1.29 is 9.53 Å². The number of aromatic nitrogens is 2. The molecule has 0 amide bonds. The van der Waals surface area contributed by atoms with Crippen molar-refractivity contribution in [2.24, 2.45) is 11.8 Å². The maximum absolute atomic E-state index is 13.0. The summed E-state index contributed by atoms with van der Waals surface area (Å²) in [6, 6.07) is -0.0144. The average molecular weight is 348 g/mol. The lowest BCUT2D eigenvalue weighted by atomic mass is 10.1. The molecule has 2 fully saturated rings. The van der Waals surface area contributed by atoms with Gasteiger partial charge in [-0.15, -0.1) is 11.3 Å². The Morgan fingerprint density at radius 1 is 1.38 bits per heavy atom. The summed E-state index contributed by atoms with van der Waals surface area (Å²) in [5, 5.41) is 0.528. The van der Waals surface area contributed by atoms with Gasteiger partial charge in [0.2, 0.25) is 0 Å². The molecule has 2 aromatic rings. The summed E-state index contributed by atoms with van der Waals surface area (Å²) in [5.74, 6) is 0.621. The van der Waals surface area contributed by atoms with E-state index in [4.69, 9.17) is 4.74 Å². The van der Waals surface area contributed by atoms with Crippen LogP contribution in [0.3, 0.4) is 0 Å². The summed E-state index contributed by atoms with van der Waals surface area (Å²) >= 11 is 1.24. The Labute approximate surface area is 142 Å². The van der Waals surface area contributed by atoms with Gasteiger partial charge in [-0.25, -0.2) is 4.79 Å². The molecule has 1 aliphatic heterocycles. The predicted octanol–water partition coefficient (Wildman–Crippen LogP) is 1.96. The van der Waals surface area contributed by atoms with Gasteiger partial charge in [0, 0.05) is 25.1 Å². The third kappa shape index (κ3) is 2.29. The number of carbonyl (C=O) groups is 1. The van der Waals surface area contributed by atoms with Crippen molar-refractivity contribution >= 4 is 27.8 Å². The van der Waals surface area contributed by atoms with E-state index in [0.717, 1.165) is 19.1 Å². The van der Waals surface area contributed by atoms with Gasteiger partial charge in [-0.05, 0) is 31.2 Å². The van der Waals surface area contributed by atoms with Crippen molar-refractivity contribution in [3.8, 4) is 0 Å². The Morgan fingerprint density at radius 2 is 2.12 bits per heavy atom. The molecule has 1 saturated heterocycles. The molecule has 0 aromatic carbocycles. The Hall–Kier alpha value is -1.73. The van der Waals surface area contributed by atoms with Crippen LogP contribution < -0.4 is 11.2 Å². The predicted molar refractivity (Wildman–Crippen MR) is 92.2 cm³/mol. The number of thiophene rings is 1. The normalized spacial score (nSPS) is 26.2. The van der Waals surface area contributed by atoms with Crippen LogP contribution in [0.4, 0.5) is 0 Å². The molecule has 2 aliphatic rings. The van der Waals surface area contributed by atoms with Crippen molar-refractivity contribution in [3.05, 3.63) is 31.3 Å². The van der Waals surface area contributed by atoms with Gasteiger partial charge in [-0.3, -0.25) is 18.7 Å². The summed E-state index contributed by atoms with van der Waals surface area (Å²) in [5.41, 5.74) is 0.200. The van der Waals surface area contributed by atoms with Crippen molar-refractivity contribution in [2.75, 3.05) is 13.2 Å². The Balaban J connectivity index is 1.99. The molecule has 2 aromatic heterocycles. The van der Waals surface area contributed by atoms with Crippen LogP contribution in [0.5, 0.6) is 0 Å². The first kappa shape index (κ1) is 15.8. The van der Waals surface area contributed by atoms with Crippen LogP contribution >= 0.6 is 11.3 Å². The highest BCUT2D eigenvalue weighted by Gasteiger charge is 2.38. The first-order valence-electron chi connectivity index (χ1n) is 8.34. The standard InChI is InChI=1S/C17H20N2O4S/c1-9-5-12(9)19-15(21)14-10(2)13(7-20)24-16(14)18(17(19)22)6-11-3-4-23-8-11/h7,9,11-12H,3-6,8H2,1-2H3. The molecule has 7 heteroatoms. The molecule has 4 rings (SSSR count). The van der Waals surface area contributed by atoms with Gasteiger partial charge in [0.15, 0.2) is 6.29 Å². The minimum absolute atomic E-state index is 0.0144. The molecule has 3 heterocycles. The first-order chi connectivity index (χ1) is 11.5. The van der Waals surface area contributed by atoms with E-state index in [2.05, 4.69) is 0 Å². The van der Waals surface area contributed by atoms with E-state index < -0.39 is 0 Å². The average Bonchev–Trinajstić information content (AvgIpc) is 2.97. The van der Waals surface area contributed by atoms with Crippen LogP contribution in [-0.2, 0) is 11.3 Å². The monoisotopic (exact) mass is 348 g/mol. The number of fused-ring (bicyclic) bond motifs is 1.